The van der Waals surface area contributed by atoms with E-state index in [1.165, 1.54) is 18.4 Å². The van der Waals surface area contributed by atoms with Crippen LogP contribution in [0.1, 0.15) is 38.3 Å². The lowest BCUT2D eigenvalue weighted by molar-refractivity contribution is 0.340. The molecule has 106 valence electrons. The van der Waals surface area contributed by atoms with Crippen molar-refractivity contribution < 1.29 is 4.74 Å². The van der Waals surface area contributed by atoms with Crippen LogP contribution in [0, 0.1) is 11.8 Å². The van der Waals surface area contributed by atoms with Gasteiger partial charge in [0.2, 0.25) is 0 Å². The van der Waals surface area contributed by atoms with Crippen LogP contribution in [0.3, 0.4) is 0 Å². The first kappa shape index (κ1) is 14.4. The Labute approximate surface area is 116 Å². The molecule has 1 aromatic carbocycles. The summed E-state index contributed by atoms with van der Waals surface area (Å²) in [6, 6.07) is 8.51. The summed E-state index contributed by atoms with van der Waals surface area (Å²) in [5.41, 5.74) is 7.13. The van der Waals surface area contributed by atoms with Crippen molar-refractivity contribution in [3.63, 3.8) is 0 Å². The lowest BCUT2D eigenvalue weighted by Crippen LogP contribution is -2.32. The molecule has 19 heavy (non-hydrogen) atoms. The number of benzene rings is 1. The van der Waals surface area contributed by atoms with Crippen molar-refractivity contribution in [1.29, 1.82) is 0 Å². The highest BCUT2D eigenvalue weighted by Gasteiger charge is 2.27. The van der Waals surface area contributed by atoms with Gasteiger partial charge in [0.25, 0.3) is 0 Å². The van der Waals surface area contributed by atoms with Gasteiger partial charge in [-0.25, -0.2) is 0 Å². The van der Waals surface area contributed by atoms with E-state index < -0.39 is 0 Å². The summed E-state index contributed by atoms with van der Waals surface area (Å²) in [5.74, 6) is 2.62. The second-order valence-corrected chi connectivity index (χ2v) is 5.51. The topological polar surface area (TPSA) is 47.3 Å². The third-order valence-electron chi connectivity index (χ3n) is 3.94. The van der Waals surface area contributed by atoms with E-state index in [0.29, 0.717) is 13.2 Å². The van der Waals surface area contributed by atoms with Gasteiger partial charge in [-0.3, -0.25) is 0 Å². The molecule has 0 spiro atoms. The highest BCUT2D eigenvalue weighted by atomic mass is 16.5. The Morgan fingerprint density at radius 2 is 2.00 bits per heavy atom. The van der Waals surface area contributed by atoms with Crippen molar-refractivity contribution >= 4 is 0 Å². The van der Waals surface area contributed by atoms with Gasteiger partial charge in [0.05, 0.1) is 6.61 Å². The van der Waals surface area contributed by atoms with E-state index in [4.69, 9.17) is 10.5 Å². The lowest BCUT2D eigenvalue weighted by Gasteiger charge is -2.20. The van der Waals surface area contributed by atoms with E-state index in [2.05, 4.69) is 24.4 Å². The minimum Gasteiger partial charge on any atom is -0.494 e. The normalized spacial score (nSPS) is 18.1. The van der Waals surface area contributed by atoms with Gasteiger partial charge in [-0.1, -0.05) is 19.1 Å². The predicted octanol–water partition coefficient (Wildman–Crippen LogP) is 2.72. The molecule has 0 aliphatic heterocycles. The molecule has 0 amide bonds. The Morgan fingerprint density at radius 1 is 1.32 bits per heavy atom. The maximum atomic E-state index is 5.89. The molecule has 1 aliphatic carbocycles. The quantitative estimate of drug-likeness (QED) is 0.757. The van der Waals surface area contributed by atoms with E-state index >= 15 is 0 Å². The van der Waals surface area contributed by atoms with Gasteiger partial charge in [0.1, 0.15) is 5.75 Å². The van der Waals surface area contributed by atoms with E-state index in [9.17, 15) is 0 Å². The molecule has 0 radical (unpaired) electrons. The van der Waals surface area contributed by atoms with Crippen LogP contribution in [0.4, 0.5) is 0 Å². The van der Waals surface area contributed by atoms with Crippen molar-refractivity contribution in [3.05, 3.63) is 29.8 Å². The minimum atomic E-state index is 0.247. The molecule has 2 unspecified atom stereocenters. The summed E-state index contributed by atoms with van der Waals surface area (Å²) in [5, 5.41) is 3.59. The molecule has 0 bridgehead atoms. The number of hydrogen-bond donors (Lipinski definition) is 2. The van der Waals surface area contributed by atoms with E-state index in [1.54, 1.807) is 0 Å². The van der Waals surface area contributed by atoms with E-state index in [-0.39, 0.29) is 6.04 Å². The third kappa shape index (κ3) is 4.22. The Balaban J connectivity index is 1.88. The number of rotatable bonds is 8. The van der Waals surface area contributed by atoms with Crippen LogP contribution in [-0.2, 0) is 0 Å². The van der Waals surface area contributed by atoms with Crippen molar-refractivity contribution in [2.24, 2.45) is 17.6 Å². The molecular weight excluding hydrogens is 236 g/mol. The van der Waals surface area contributed by atoms with E-state index in [1.807, 2.05) is 19.1 Å². The zero-order valence-electron chi connectivity index (χ0n) is 12.1. The second kappa shape index (κ2) is 6.92. The number of hydrogen-bond acceptors (Lipinski definition) is 3. The van der Waals surface area contributed by atoms with Crippen LogP contribution < -0.4 is 15.8 Å². The molecule has 1 aromatic rings. The SMILES string of the molecule is CCOc1ccc(C(CN)NCC(C)C2CC2)cc1. The molecule has 0 saturated heterocycles. The fourth-order valence-corrected chi connectivity index (χ4v) is 2.46. The third-order valence-corrected chi connectivity index (χ3v) is 3.94. The molecule has 3 nitrogen and oxygen atoms in total. The minimum absolute atomic E-state index is 0.247. The maximum Gasteiger partial charge on any atom is 0.119 e. The molecule has 2 rings (SSSR count). The molecule has 1 fully saturated rings. The van der Waals surface area contributed by atoms with Crippen molar-refractivity contribution in [3.8, 4) is 5.75 Å². The zero-order chi connectivity index (χ0) is 13.7. The van der Waals surface area contributed by atoms with Gasteiger partial charge in [-0.15, -0.1) is 0 Å². The average molecular weight is 262 g/mol. The van der Waals surface area contributed by atoms with Crippen LogP contribution in [0.5, 0.6) is 5.75 Å². The standard InChI is InChI=1S/C16H26N2O/c1-3-19-15-8-6-14(7-9-15)16(10-17)18-11-12(2)13-4-5-13/h6-9,12-13,16,18H,3-5,10-11,17H2,1-2H3. The summed E-state index contributed by atoms with van der Waals surface area (Å²) in [4.78, 5) is 0. The number of nitrogens with two attached hydrogens (primary N) is 1. The molecule has 3 N–H and O–H groups in total. The van der Waals surface area contributed by atoms with Gasteiger partial charge in [0.15, 0.2) is 0 Å². The summed E-state index contributed by atoms with van der Waals surface area (Å²) >= 11 is 0. The largest absolute Gasteiger partial charge is 0.494 e. The fraction of sp³-hybridized carbons (Fsp3) is 0.625. The molecule has 3 heteroatoms. The Morgan fingerprint density at radius 3 is 2.53 bits per heavy atom. The van der Waals surface area contributed by atoms with Crippen LogP contribution in [0.25, 0.3) is 0 Å². The lowest BCUT2D eigenvalue weighted by atomic mass is 10.0. The van der Waals surface area contributed by atoms with E-state index in [0.717, 1.165) is 24.1 Å². The smallest absolute Gasteiger partial charge is 0.119 e. The average Bonchev–Trinajstić information content (AvgIpc) is 3.26. The molecule has 2 atom stereocenters. The van der Waals surface area contributed by atoms with Crippen molar-refractivity contribution in [2.75, 3.05) is 19.7 Å². The summed E-state index contributed by atoms with van der Waals surface area (Å²) in [6.45, 7) is 6.72. The van der Waals surface area contributed by atoms with Gasteiger partial charge in [0, 0.05) is 12.6 Å². The van der Waals surface area contributed by atoms with Crippen LogP contribution in [0.2, 0.25) is 0 Å². The van der Waals surface area contributed by atoms with Crippen LogP contribution in [-0.4, -0.2) is 19.7 Å². The molecule has 0 aromatic heterocycles. The highest BCUT2D eigenvalue weighted by Crippen LogP contribution is 2.36. The number of nitrogens with one attached hydrogen (secondary N) is 1. The second-order valence-electron chi connectivity index (χ2n) is 5.51. The first-order chi connectivity index (χ1) is 9.24. The van der Waals surface area contributed by atoms with Gasteiger partial charge < -0.3 is 15.8 Å². The number of ether oxygens (including phenoxy) is 1. The first-order valence-electron chi connectivity index (χ1n) is 7.40. The van der Waals surface area contributed by atoms with Crippen molar-refractivity contribution in [1.82, 2.24) is 5.32 Å². The predicted molar refractivity (Wildman–Crippen MR) is 79.3 cm³/mol. The molecule has 1 saturated carbocycles. The Bertz CT molecular complexity index is 373. The molecular formula is C16H26N2O. The summed E-state index contributed by atoms with van der Waals surface area (Å²) < 4.78 is 5.46. The van der Waals surface area contributed by atoms with Crippen molar-refractivity contribution in [2.45, 2.75) is 32.7 Å². The fourth-order valence-electron chi connectivity index (χ4n) is 2.46. The van der Waals surface area contributed by atoms with Crippen LogP contribution in [0.15, 0.2) is 24.3 Å². The Kier molecular flexibility index (Phi) is 5.23. The van der Waals surface area contributed by atoms with Crippen LogP contribution >= 0.6 is 0 Å². The monoisotopic (exact) mass is 262 g/mol. The summed E-state index contributed by atoms with van der Waals surface area (Å²) in [6.07, 6.45) is 2.80. The first-order valence-corrected chi connectivity index (χ1v) is 7.40. The summed E-state index contributed by atoms with van der Waals surface area (Å²) in [7, 11) is 0. The maximum absolute atomic E-state index is 5.89. The highest BCUT2D eigenvalue weighted by molar-refractivity contribution is 5.29. The zero-order valence-corrected chi connectivity index (χ0v) is 12.1. The van der Waals surface area contributed by atoms with Gasteiger partial charge in [-0.2, -0.15) is 0 Å². The Hall–Kier alpha value is -1.06. The van der Waals surface area contributed by atoms with Gasteiger partial charge >= 0.3 is 0 Å². The van der Waals surface area contributed by atoms with Gasteiger partial charge in [-0.05, 0) is 55.8 Å². The molecule has 1 aliphatic rings. The molecule has 0 heterocycles.